The molecule has 0 nitrogen and oxygen atoms in total. The zero-order valence-corrected chi connectivity index (χ0v) is 10.8. The van der Waals surface area contributed by atoms with Crippen LogP contribution in [0.15, 0.2) is 24.3 Å². The van der Waals surface area contributed by atoms with Crippen molar-refractivity contribution in [1.82, 2.24) is 0 Å². The Hall–Kier alpha value is -0.780. The highest BCUT2D eigenvalue weighted by atomic mass is 14.3. The van der Waals surface area contributed by atoms with Crippen molar-refractivity contribution < 1.29 is 0 Å². The monoisotopic (exact) mass is 204 g/mol. The summed E-state index contributed by atoms with van der Waals surface area (Å²) in [5.74, 6) is 0.690. The molecule has 1 aromatic carbocycles. The number of benzene rings is 1. The molecule has 0 amide bonds. The average molecular weight is 204 g/mol. The molecule has 0 fully saturated rings. The van der Waals surface area contributed by atoms with Gasteiger partial charge in [0.2, 0.25) is 0 Å². The van der Waals surface area contributed by atoms with Gasteiger partial charge in [0.25, 0.3) is 0 Å². The quantitative estimate of drug-likeness (QED) is 0.674. The summed E-state index contributed by atoms with van der Waals surface area (Å²) >= 11 is 0. The molecule has 0 aliphatic rings. The molecule has 84 valence electrons. The maximum absolute atomic E-state index is 2.37. The van der Waals surface area contributed by atoms with E-state index in [-0.39, 0.29) is 0 Å². The van der Waals surface area contributed by atoms with Gasteiger partial charge in [0.15, 0.2) is 0 Å². The summed E-state index contributed by atoms with van der Waals surface area (Å²) in [6, 6.07) is 9.15. The molecule has 0 heterocycles. The van der Waals surface area contributed by atoms with Crippen molar-refractivity contribution in [2.24, 2.45) is 5.92 Å². The predicted molar refractivity (Wildman–Crippen MR) is 68.3 cm³/mol. The van der Waals surface area contributed by atoms with Crippen molar-refractivity contribution in [3.63, 3.8) is 0 Å². The Bertz CT molecular complexity index is 294. The first-order valence-electron chi connectivity index (χ1n) is 6.14. The zero-order valence-electron chi connectivity index (χ0n) is 10.8. The fourth-order valence-electron chi connectivity index (χ4n) is 2.07. The number of rotatable bonds is 4. The molecule has 0 saturated heterocycles. The fraction of sp³-hybridized carbons (Fsp3) is 0.600. The number of aryl methyl sites for hydroxylation is 1. The van der Waals surface area contributed by atoms with Crippen LogP contribution in [-0.4, -0.2) is 0 Å². The largest absolute Gasteiger partial charge is 0.0645 e. The molecule has 1 aromatic rings. The highest BCUT2D eigenvalue weighted by Gasteiger charge is 2.27. The minimum Gasteiger partial charge on any atom is -0.0645 e. The van der Waals surface area contributed by atoms with Crippen LogP contribution in [-0.2, 0) is 11.8 Å². The minimum absolute atomic E-state index is 0.326. The van der Waals surface area contributed by atoms with E-state index < -0.39 is 0 Å². The number of hydrogen-bond donors (Lipinski definition) is 0. The van der Waals surface area contributed by atoms with Crippen LogP contribution in [0.2, 0.25) is 0 Å². The highest BCUT2D eigenvalue weighted by Crippen LogP contribution is 2.35. The third-order valence-corrected chi connectivity index (χ3v) is 4.03. The topological polar surface area (TPSA) is 0 Å². The lowest BCUT2D eigenvalue weighted by molar-refractivity contribution is 0.326. The zero-order chi connectivity index (χ0) is 11.5. The van der Waals surface area contributed by atoms with Crippen molar-refractivity contribution in [2.45, 2.75) is 52.9 Å². The van der Waals surface area contributed by atoms with Crippen molar-refractivity contribution in [1.29, 1.82) is 0 Å². The summed E-state index contributed by atoms with van der Waals surface area (Å²) in [6.07, 6.45) is 2.33. The van der Waals surface area contributed by atoms with Gasteiger partial charge >= 0.3 is 0 Å². The maximum atomic E-state index is 2.37. The first-order chi connectivity index (χ1) is 7.04. The second-order valence-corrected chi connectivity index (χ2v) is 4.98. The van der Waals surface area contributed by atoms with Crippen LogP contribution >= 0.6 is 0 Å². The average Bonchev–Trinajstić information content (AvgIpc) is 2.28. The molecule has 1 atom stereocenters. The summed E-state index contributed by atoms with van der Waals surface area (Å²) in [7, 11) is 0. The molecule has 0 spiro atoms. The molecule has 0 aliphatic carbocycles. The summed E-state index contributed by atoms with van der Waals surface area (Å²) in [5.41, 5.74) is 3.24. The van der Waals surface area contributed by atoms with Gasteiger partial charge in [0, 0.05) is 0 Å². The van der Waals surface area contributed by atoms with Gasteiger partial charge in [0.1, 0.15) is 0 Å². The van der Waals surface area contributed by atoms with E-state index in [0.717, 1.165) is 6.42 Å². The molecule has 0 aliphatic heterocycles. The van der Waals surface area contributed by atoms with Crippen LogP contribution in [0.25, 0.3) is 0 Å². The Morgan fingerprint density at radius 1 is 1.07 bits per heavy atom. The van der Waals surface area contributed by atoms with Crippen molar-refractivity contribution >= 4 is 0 Å². The lowest BCUT2D eigenvalue weighted by Crippen LogP contribution is -2.27. The van der Waals surface area contributed by atoms with Crippen molar-refractivity contribution in [3.8, 4) is 0 Å². The Morgan fingerprint density at radius 3 is 1.93 bits per heavy atom. The summed E-state index contributed by atoms with van der Waals surface area (Å²) < 4.78 is 0. The summed E-state index contributed by atoms with van der Waals surface area (Å²) in [5, 5.41) is 0. The predicted octanol–water partition coefficient (Wildman–Crippen LogP) is 4.57. The van der Waals surface area contributed by atoms with E-state index in [1.807, 2.05) is 0 Å². The van der Waals surface area contributed by atoms with Crippen LogP contribution in [0.4, 0.5) is 0 Å². The molecule has 1 rings (SSSR count). The highest BCUT2D eigenvalue weighted by molar-refractivity contribution is 5.29. The van der Waals surface area contributed by atoms with Crippen LogP contribution < -0.4 is 0 Å². The van der Waals surface area contributed by atoms with E-state index in [4.69, 9.17) is 0 Å². The van der Waals surface area contributed by atoms with Gasteiger partial charge in [-0.2, -0.15) is 0 Å². The molecule has 0 aromatic heterocycles. The molecular weight excluding hydrogens is 180 g/mol. The van der Waals surface area contributed by atoms with Gasteiger partial charge in [-0.05, 0) is 35.3 Å². The van der Waals surface area contributed by atoms with Gasteiger partial charge in [-0.3, -0.25) is 0 Å². The molecule has 1 unspecified atom stereocenters. The van der Waals surface area contributed by atoms with E-state index in [0.29, 0.717) is 11.3 Å². The Labute approximate surface area is 94.7 Å². The first kappa shape index (κ1) is 12.3. The van der Waals surface area contributed by atoms with Crippen LogP contribution in [0.3, 0.4) is 0 Å². The van der Waals surface area contributed by atoms with Crippen molar-refractivity contribution in [3.05, 3.63) is 35.4 Å². The standard InChI is InChI=1S/C15H24/c1-6-13-8-10-14(11-9-13)15(5,7-2)12(3)4/h8-12H,6-7H2,1-5H3. The molecule has 0 saturated carbocycles. The molecule has 15 heavy (non-hydrogen) atoms. The Kier molecular flexibility index (Phi) is 3.96. The van der Waals surface area contributed by atoms with Crippen LogP contribution in [0, 0.1) is 5.92 Å². The van der Waals surface area contributed by atoms with Gasteiger partial charge in [-0.15, -0.1) is 0 Å². The van der Waals surface area contributed by atoms with Gasteiger partial charge in [-0.1, -0.05) is 58.9 Å². The van der Waals surface area contributed by atoms with E-state index >= 15 is 0 Å². The summed E-state index contributed by atoms with van der Waals surface area (Å²) in [4.78, 5) is 0. The molecule has 0 heteroatoms. The summed E-state index contributed by atoms with van der Waals surface area (Å²) in [6.45, 7) is 11.5. The second-order valence-electron chi connectivity index (χ2n) is 4.98. The fourth-order valence-corrected chi connectivity index (χ4v) is 2.07. The Balaban J connectivity index is 3.03. The third kappa shape index (κ3) is 2.42. The first-order valence-corrected chi connectivity index (χ1v) is 6.14. The molecule has 0 bridgehead atoms. The smallest absolute Gasteiger partial charge is 0.00549 e. The van der Waals surface area contributed by atoms with E-state index in [9.17, 15) is 0 Å². The SMILES string of the molecule is CCc1ccc(C(C)(CC)C(C)C)cc1. The minimum atomic E-state index is 0.326. The Morgan fingerprint density at radius 2 is 1.60 bits per heavy atom. The van der Waals surface area contributed by atoms with Crippen LogP contribution in [0.1, 0.15) is 52.2 Å². The lowest BCUT2D eigenvalue weighted by Gasteiger charge is -2.33. The van der Waals surface area contributed by atoms with E-state index in [1.54, 1.807) is 0 Å². The lowest BCUT2D eigenvalue weighted by atomic mass is 9.71. The van der Waals surface area contributed by atoms with E-state index in [2.05, 4.69) is 58.9 Å². The molecule has 0 N–H and O–H groups in total. The maximum Gasteiger partial charge on any atom is -0.00549 e. The number of hydrogen-bond acceptors (Lipinski definition) is 0. The van der Waals surface area contributed by atoms with E-state index in [1.165, 1.54) is 17.5 Å². The van der Waals surface area contributed by atoms with Gasteiger partial charge in [0.05, 0.1) is 0 Å². The van der Waals surface area contributed by atoms with Crippen molar-refractivity contribution in [2.75, 3.05) is 0 Å². The molecular formula is C15H24. The van der Waals surface area contributed by atoms with Gasteiger partial charge < -0.3 is 0 Å². The molecule has 0 radical (unpaired) electrons. The van der Waals surface area contributed by atoms with Crippen LogP contribution in [0.5, 0.6) is 0 Å². The third-order valence-electron chi connectivity index (χ3n) is 4.03. The normalized spacial score (nSPS) is 15.3. The van der Waals surface area contributed by atoms with Gasteiger partial charge in [-0.25, -0.2) is 0 Å². The second kappa shape index (κ2) is 4.83.